The van der Waals surface area contributed by atoms with Crippen LogP contribution in [-0.2, 0) is 22.6 Å². The molecule has 2 heterocycles. The van der Waals surface area contributed by atoms with Gasteiger partial charge >= 0.3 is 0 Å². The molecular weight excluding hydrogens is 632 g/mol. The molecule has 1 saturated carbocycles. The number of anilines is 2. The zero-order chi connectivity index (χ0) is 34.9. The van der Waals surface area contributed by atoms with Gasteiger partial charge < -0.3 is 26.0 Å². The van der Waals surface area contributed by atoms with Crippen molar-refractivity contribution in [1.82, 2.24) is 35.9 Å². The van der Waals surface area contributed by atoms with Crippen LogP contribution in [0.15, 0.2) is 85.1 Å². The molecule has 0 radical (unpaired) electrons. The lowest BCUT2D eigenvalue weighted by atomic mass is 9.81. The van der Waals surface area contributed by atoms with Crippen LogP contribution in [0, 0.1) is 11.8 Å². The second-order valence-electron chi connectivity index (χ2n) is 12.8. The molecule has 0 spiro atoms. The molecule has 1 fully saturated rings. The molecule has 258 valence electrons. The van der Waals surface area contributed by atoms with E-state index in [0.29, 0.717) is 48.8 Å². The molecule has 0 aliphatic heterocycles. The number of ether oxygens (including phenoxy) is 1. The van der Waals surface area contributed by atoms with Crippen molar-refractivity contribution in [2.45, 2.75) is 44.8 Å². The van der Waals surface area contributed by atoms with Gasteiger partial charge in [0.15, 0.2) is 0 Å². The lowest BCUT2D eigenvalue weighted by Crippen LogP contribution is -2.48. The average Bonchev–Trinajstić information content (AvgIpc) is 3.70. The first-order valence-corrected chi connectivity index (χ1v) is 16.8. The number of carbonyl (C=O) groups excluding carboxylic acids is 2. The number of nitrogens with one attached hydrogen (secondary N) is 3. The van der Waals surface area contributed by atoms with Gasteiger partial charge in [-0.25, -0.2) is 4.98 Å². The smallest absolute Gasteiger partial charge is 0.247 e. The zero-order valence-corrected chi connectivity index (χ0v) is 28.3. The minimum Gasteiger partial charge on any atom is -0.472 e. The number of H-pyrrole nitrogens is 1. The number of rotatable bonds is 13. The van der Waals surface area contributed by atoms with E-state index in [4.69, 9.17) is 10.5 Å². The van der Waals surface area contributed by atoms with Crippen molar-refractivity contribution < 1.29 is 14.3 Å². The van der Waals surface area contributed by atoms with Crippen LogP contribution in [0.2, 0.25) is 0 Å². The van der Waals surface area contributed by atoms with Crippen LogP contribution in [0.3, 0.4) is 0 Å². The molecule has 0 bridgehead atoms. The first-order chi connectivity index (χ1) is 24.4. The molecule has 2 amide bonds. The molecule has 50 heavy (non-hydrogen) atoms. The fourth-order valence-electron chi connectivity index (χ4n) is 6.04. The number of carbonyl (C=O) groups is 2. The van der Waals surface area contributed by atoms with Crippen molar-refractivity contribution in [1.29, 1.82) is 0 Å². The van der Waals surface area contributed by atoms with Gasteiger partial charge in [-0.1, -0.05) is 54.6 Å². The Hall–Kier alpha value is -5.69. The molecule has 1 atom stereocenters. The molecule has 1 unspecified atom stereocenters. The van der Waals surface area contributed by atoms with E-state index in [2.05, 4.69) is 41.2 Å². The van der Waals surface area contributed by atoms with Gasteiger partial charge in [-0.15, -0.1) is 10.2 Å². The molecule has 6 rings (SSSR count). The van der Waals surface area contributed by atoms with E-state index in [1.807, 2.05) is 73.6 Å². The van der Waals surface area contributed by atoms with Crippen LogP contribution in [-0.4, -0.2) is 69.1 Å². The Labute approximate surface area is 291 Å². The monoisotopic (exact) mass is 674 g/mol. The van der Waals surface area contributed by atoms with E-state index < -0.39 is 6.04 Å². The molecule has 3 aromatic carbocycles. The third kappa shape index (κ3) is 8.66. The highest BCUT2D eigenvalue weighted by Crippen LogP contribution is 2.31. The SMILES string of the molecule is CN(C)c1ncc(-c2ccc(CC(NC(=O)C3CCC(CN)CC3)C(=O)Nc3ccc(-c4nn[nH]n4)cc3)cc2)c(OCc2ccccc2)n1. The molecule has 2 aromatic heterocycles. The largest absolute Gasteiger partial charge is 0.472 e. The number of amides is 2. The van der Waals surface area contributed by atoms with Gasteiger partial charge in [0.25, 0.3) is 0 Å². The summed E-state index contributed by atoms with van der Waals surface area (Å²) < 4.78 is 6.20. The second-order valence-corrected chi connectivity index (χ2v) is 12.8. The number of hydrogen-bond acceptors (Lipinski definition) is 10. The number of aromatic nitrogens is 6. The summed E-state index contributed by atoms with van der Waals surface area (Å²) in [6, 6.07) is 24.1. The summed E-state index contributed by atoms with van der Waals surface area (Å²) >= 11 is 0. The fraction of sp³-hybridized carbons (Fsp3) is 0.324. The maximum absolute atomic E-state index is 13.7. The Kier molecular flexibility index (Phi) is 11.0. The third-order valence-corrected chi connectivity index (χ3v) is 9.00. The molecule has 1 aliphatic carbocycles. The zero-order valence-electron chi connectivity index (χ0n) is 28.3. The summed E-state index contributed by atoms with van der Waals surface area (Å²) in [5.41, 5.74) is 10.7. The average molecular weight is 675 g/mol. The van der Waals surface area contributed by atoms with Gasteiger partial charge in [-0.3, -0.25) is 9.59 Å². The molecular formula is C37H42N10O3. The van der Waals surface area contributed by atoms with Crippen LogP contribution in [0.4, 0.5) is 11.6 Å². The molecule has 1 aliphatic rings. The lowest BCUT2D eigenvalue weighted by molar-refractivity contribution is -0.130. The molecule has 5 N–H and O–H groups in total. The van der Waals surface area contributed by atoms with Crippen LogP contribution < -0.4 is 26.0 Å². The van der Waals surface area contributed by atoms with Gasteiger partial charge in [0, 0.05) is 43.9 Å². The number of nitrogens with zero attached hydrogens (tertiary/aromatic N) is 6. The van der Waals surface area contributed by atoms with Crippen molar-refractivity contribution in [3.63, 3.8) is 0 Å². The summed E-state index contributed by atoms with van der Waals surface area (Å²) in [4.78, 5) is 38.2. The Morgan fingerprint density at radius 1 is 0.940 bits per heavy atom. The topological polar surface area (TPSA) is 177 Å². The van der Waals surface area contributed by atoms with Crippen LogP contribution in [0.1, 0.15) is 36.8 Å². The third-order valence-electron chi connectivity index (χ3n) is 9.00. The minimum atomic E-state index is -0.801. The van der Waals surface area contributed by atoms with E-state index in [0.717, 1.165) is 53.5 Å². The van der Waals surface area contributed by atoms with E-state index in [1.165, 1.54) is 0 Å². The molecule has 5 aromatic rings. The van der Waals surface area contributed by atoms with Crippen LogP contribution in [0.25, 0.3) is 22.5 Å². The number of nitrogens with two attached hydrogens (primary N) is 1. The maximum Gasteiger partial charge on any atom is 0.247 e. The van der Waals surface area contributed by atoms with Gasteiger partial charge in [0.1, 0.15) is 12.6 Å². The highest BCUT2D eigenvalue weighted by atomic mass is 16.5. The lowest BCUT2D eigenvalue weighted by Gasteiger charge is -2.28. The van der Waals surface area contributed by atoms with Gasteiger partial charge in [-0.05, 0) is 84.3 Å². The van der Waals surface area contributed by atoms with E-state index >= 15 is 0 Å². The highest BCUT2D eigenvalue weighted by molar-refractivity contribution is 5.97. The Morgan fingerprint density at radius 2 is 1.66 bits per heavy atom. The number of hydrogen-bond donors (Lipinski definition) is 4. The standard InChI is InChI=1S/C37H42N10O3/c1-47(2)37-39-22-31(36(42-37)50-23-26-6-4-3-5-7-26)27-12-8-24(9-13-27)20-32(41-34(48)29-14-10-25(21-38)11-15-29)35(49)40-30-18-16-28(17-19-30)33-43-45-46-44-33/h3-9,12-13,16-19,22,25,29,32H,10-11,14-15,20-21,23,38H2,1-2H3,(H,40,49)(H,41,48)(H,43,44,45,46). The van der Waals surface area contributed by atoms with Gasteiger partial charge in [-0.2, -0.15) is 10.2 Å². The first kappa shape index (κ1) is 34.2. The van der Waals surface area contributed by atoms with Crippen molar-refractivity contribution >= 4 is 23.5 Å². The van der Waals surface area contributed by atoms with Crippen LogP contribution in [0.5, 0.6) is 5.88 Å². The molecule has 0 saturated heterocycles. The predicted molar refractivity (Wildman–Crippen MR) is 191 cm³/mol. The highest BCUT2D eigenvalue weighted by Gasteiger charge is 2.29. The summed E-state index contributed by atoms with van der Waals surface area (Å²) in [6.07, 6.45) is 5.41. The predicted octanol–water partition coefficient (Wildman–Crippen LogP) is 4.40. The number of benzene rings is 3. The van der Waals surface area contributed by atoms with Crippen molar-refractivity contribution in [3.8, 4) is 28.4 Å². The fourth-order valence-corrected chi connectivity index (χ4v) is 6.04. The van der Waals surface area contributed by atoms with Gasteiger partial charge in [0.2, 0.25) is 29.5 Å². The minimum absolute atomic E-state index is 0.108. The van der Waals surface area contributed by atoms with Crippen LogP contribution >= 0.6 is 0 Å². The normalized spacial score (nSPS) is 16.3. The summed E-state index contributed by atoms with van der Waals surface area (Å²) in [5.74, 6) is 1.34. The first-order valence-electron chi connectivity index (χ1n) is 16.8. The van der Waals surface area contributed by atoms with Crippen molar-refractivity contribution in [2.24, 2.45) is 17.6 Å². The molecule has 13 heteroatoms. The number of aromatic amines is 1. The second kappa shape index (κ2) is 16.1. The van der Waals surface area contributed by atoms with E-state index in [9.17, 15) is 9.59 Å². The summed E-state index contributed by atoms with van der Waals surface area (Å²) in [7, 11) is 3.76. The summed E-state index contributed by atoms with van der Waals surface area (Å²) in [6.45, 7) is 0.993. The molecule has 13 nitrogen and oxygen atoms in total. The summed E-state index contributed by atoms with van der Waals surface area (Å²) in [5, 5.41) is 20.1. The van der Waals surface area contributed by atoms with Gasteiger partial charge in [0.05, 0.1) is 5.56 Å². The Bertz CT molecular complexity index is 1840. The number of tetrazole rings is 1. The Balaban J connectivity index is 1.19. The van der Waals surface area contributed by atoms with Crippen molar-refractivity contribution in [3.05, 3.63) is 96.2 Å². The quantitative estimate of drug-likeness (QED) is 0.140. The van der Waals surface area contributed by atoms with E-state index in [-0.39, 0.29) is 17.7 Å². The Morgan fingerprint density at radius 3 is 2.32 bits per heavy atom. The maximum atomic E-state index is 13.7. The van der Waals surface area contributed by atoms with Crippen molar-refractivity contribution in [2.75, 3.05) is 30.9 Å². The van der Waals surface area contributed by atoms with E-state index in [1.54, 1.807) is 30.5 Å².